The third-order valence-electron chi connectivity index (χ3n) is 4.34. The van der Waals surface area contributed by atoms with E-state index >= 15 is 0 Å². The molecule has 0 atom stereocenters. The number of carbonyl (C=O) groups excluding carboxylic acids is 1. The minimum absolute atomic E-state index is 0.0297. The maximum atomic E-state index is 12.8. The maximum absolute atomic E-state index is 12.8. The van der Waals surface area contributed by atoms with Crippen LogP contribution < -0.4 is 5.32 Å². The Morgan fingerprint density at radius 2 is 1.70 bits per heavy atom. The van der Waals surface area contributed by atoms with Gasteiger partial charge in [0.1, 0.15) is 0 Å². The molecule has 23 heavy (non-hydrogen) atoms. The highest BCUT2D eigenvalue weighted by Crippen LogP contribution is 2.41. The molecule has 0 aromatic heterocycles. The van der Waals surface area contributed by atoms with E-state index in [1.165, 1.54) is 12.1 Å². The number of alkyl halides is 3. The molecule has 0 heterocycles. The fourth-order valence-corrected chi connectivity index (χ4v) is 2.90. The van der Waals surface area contributed by atoms with Gasteiger partial charge in [-0.15, -0.1) is 0 Å². The van der Waals surface area contributed by atoms with Crippen LogP contribution in [0.4, 0.5) is 13.2 Å². The molecule has 1 saturated carbocycles. The van der Waals surface area contributed by atoms with Crippen LogP contribution in [0.3, 0.4) is 0 Å². The third-order valence-corrected chi connectivity index (χ3v) is 4.34. The second-order valence-corrected chi connectivity index (χ2v) is 5.83. The summed E-state index contributed by atoms with van der Waals surface area (Å²) in [4.78, 5) is 12.4. The summed E-state index contributed by atoms with van der Waals surface area (Å²) in [6, 6.07) is 14.1. The Labute approximate surface area is 132 Å². The van der Waals surface area contributed by atoms with Crippen LogP contribution in [0.15, 0.2) is 54.6 Å². The summed E-state index contributed by atoms with van der Waals surface area (Å²) in [5.74, 6) is -0.473. The molecule has 1 aliphatic rings. The number of carbonyl (C=O) groups is 1. The Morgan fingerprint density at radius 1 is 1.00 bits per heavy atom. The summed E-state index contributed by atoms with van der Waals surface area (Å²) < 4.78 is 38.3. The van der Waals surface area contributed by atoms with Gasteiger partial charge in [-0.2, -0.15) is 13.2 Å². The maximum Gasteiger partial charge on any atom is 0.416 e. The van der Waals surface area contributed by atoms with Crippen molar-refractivity contribution in [3.63, 3.8) is 0 Å². The number of halogens is 3. The van der Waals surface area contributed by atoms with E-state index < -0.39 is 23.2 Å². The van der Waals surface area contributed by atoms with Crippen molar-refractivity contribution in [1.82, 2.24) is 5.32 Å². The van der Waals surface area contributed by atoms with Crippen LogP contribution >= 0.6 is 0 Å². The quantitative estimate of drug-likeness (QED) is 0.886. The average molecular weight is 319 g/mol. The van der Waals surface area contributed by atoms with Crippen LogP contribution in [-0.2, 0) is 11.7 Å². The zero-order valence-corrected chi connectivity index (χ0v) is 12.4. The van der Waals surface area contributed by atoms with Gasteiger partial charge in [-0.1, -0.05) is 36.4 Å². The molecule has 0 bridgehead atoms. The molecule has 120 valence electrons. The van der Waals surface area contributed by atoms with Crippen molar-refractivity contribution in [3.05, 3.63) is 71.3 Å². The van der Waals surface area contributed by atoms with Crippen LogP contribution in [0.25, 0.3) is 0 Å². The normalized spacial score (nSPS) is 16.5. The van der Waals surface area contributed by atoms with Crippen LogP contribution in [-0.4, -0.2) is 5.91 Å². The van der Waals surface area contributed by atoms with Gasteiger partial charge in [-0.05, 0) is 43.0 Å². The summed E-state index contributed by atoms with van der Waals surface area (Å²) in [5.41, 5.74) is -0.256. The molecular weight excluding hydrogens is 303 g/mol. The van der Waals surface area contributed by atoms with Gasteiger partial charge in [0.2, 0.25) is 0 Å². The molecule has 1 N–H and O–H groups in total. The highest BCUT2D eigenvalue weighted by Gasteiger charge is 2.40. The van der Waals surface area contributed by atoms with Crippen molar-refractivity contribution in [2.75, 3.05) is 0 Å². The van der Waals surface area contributed by atoms with Gasteiger partial charge >= 0.3 is 6.18 Å². The molecule has 3 rings (SSSR count). The fraction of sp³-hybridized carbons (Fsp3) is 0.278. The SMILES string of the molecule is O=C(NC1(c2ccccc2)CCC1)c1cccc(C(F)(F)F)c1. The Balaban J connectivity index is 1.84. The molecule has 0 unspecified atom stereocenters. The van der Waals surface area contributed by atoms with Crippen molar-refractivity contribution >= 4 is 5.91 Å². The Bertz CT molecular complexity index is 706. The molecule has 0 radical (unpaired) electrons. The molecule has 1 amide bonds. The zero-order valence-electron chi connectivity index (χ0n) is 12.4. The third kappa shape index (κ3) is 3.09. The molecule has 0 saturated heterocycles. The molecule has 2 nitrogen and oxygen atoms in total. The summed E-state index contributed by atoms with van der Waals surface area (Å²) in [5, 5.41) is 2.93. The molecule has 2 aromatic rings. The summed E-state index contributed by atoms with van der Waals surface area (Å²) >= 11 is 0. The van der Waals surface area contributed by atoms with Crippen molar-refractivity contribution in [2.45, 2.75) is 31.0 Å². The van der Waals surface area contributed by atoms with Gasteiger partial charge in [0.25, 0.3) is 5.91 Å². The van der Waals surface area contributed by atoms with Gasteiger partial charge in [0.15, 0.2) is 0 Å². The van der Waals surface area contributed by atoms with Crippen molar-refractivity contribution < 1.29 is 18.0 Å². The van der Waals surface area contributed by atoms with E-state index in [1.807, 2.05) is 30.3 Å². The first-order valence-electron chi connectivity index (χ1n) is 7.46. The van der Waals surface area contributed by atoms with E-state index in [1.54, 1.807) is 0 Å². The van der Waals surface area contributed by atoms with E-state index in [-0.39, 0.29) is 5.56 Å². The molecule has 2 aromatic carbocycles. The number of hydrogen-bond acceptors (Lipinski definition) is 1. The number of nitrogens with one attached hydrogen (secondary N) is 1. The standard InChI is InChI=1S/C18H16F3NO/c19-18(20,21)15-9-4-6-13(12-15)16(23)22-17(10-5-11-17)14-7-2-1-3-8-14/h1-4,6-9,12H,5,10-11H2,(H,22,23). The first-order valence-corrected chi connectivity index (χ1v) is 7.46. The minimum Gasteiger partial charge on any atom is -0.343 e. The Hall–Kier alpha value is -2.30. The lowest BCUT2D eigenvalue weighted by Crippen LogP contribution is -2.50. The van der Waals surface area contributed by atoms with Crippen LogP contribution in [0.5, 0.6) is 0 Å². The molecular formula is C18H16F3NO. The molecule has 1 aliphatic carbocycles. The van der Waals surface area contributed by atoms with E-state index in [4.69, 9.17) is 0 Å². The number of rotatable bonds is 3. The summed E-state index contributed by atoms with van der Waals surface area (Å²) in [6.45, 7) is 0. The number of amides is 1. The van der Waals surface area contributed by atoms with Gasteiger partial charge in [-0.25, -0.2) is 0 Å². The van der Waals surface area contributed by atoms with Crippen molar-refractivity contribution in [3.8, 4) is 0 Å². The first kappa shape index (κ1) is 15.6. The smallest absolute Gasteiger partial charge is 0.343 e. The second kappa shape index (κ2) is 5.72. The molecule has 5 heteroatoms. The predicted molar refractivity (Wildman–Crippen MR) is 80.9 cm³/mol. The van der Waals surface area contributed by atoms with Gasteiger partial charge in [0.05, 0.1) is 11.1 Å². The largest absolute Gasteiger partial charge is 0.416 e. The van der Waals surface area contributed by atoms with Crippen LogP contribution in [0, 0.1) is 0 Å². The predicted octanol–water partition coefficient (Wildman–Crippen LogP) is 4.51. The first-order chi connectivity index (χ1) is 10.9. The second-order valence-electron chi connectivity index (χ2n) is 5.83. The van der Waals surface area contributed by atoms with E-state index in [2.05, 4.69) is 5.32 Å². The molecule has 0 spiro atoms. The van der Waals surface area contributed by atoms with Crippen LogP contribution in [0.1, 0.15) is 40.7 Å². The van der Waals surface area contributed by atoms with E-state index in [9.17, 15) is 18.0 Å². The fourth-order valence-electron chi connectivity index (χ4n) is 2.90. The van der Waals surface area contributed by atoms with Gasteiger partial charge < -0.3 is 5.32 Å². The lowest BCUT2D eigenvalue weighted by atomic mass is 9.71. The van der Waals surface area contributed by atoms with Crippen molar-refractivity contribution in [1.29, 1.82) is 0 Å². The lowest BCUT2D eigenvalue weighted by molar-refractivity contribution is -0.137. The topological polar surface area (TPSA) is 29.1 Å². The van der Waals surface area contributed by atoms with Gasteiger partial charge in [0, 0.05) is 5.56 Å². The summed E-state index contributed by atoms with van der Waals surface area (Å²) in [6.07, 6.45) is -1.88. The lowest BCUT2D eigenvalue weighted by Gasteiger charge is -2.43. The van der Waals surface area contributed by atoms with Gasteiger partial charge in [-0.3, -0.25) is 4.79 Å². The Morgan fingerprint density at radius 3 is 2.26 bits per heavy atom. The van der Waals surface area contributed by atoms with E-state index in [0.29, 0.717) is 0 Å². The molecule has 1 fully saturated rings. The zero-order chi connectivity index (χ0) is 16.5. The summed E-state index contributed by atoms with van der Waals surface area (Å²) in [7, 11) is 0. The number of hydrogen-bond donors (Lipinski definition) is 1. The highest BCUT2D eigenvalue weighted by atomic mass is 19.4. The average Bonchev–Trinajstić information content (AvgIpc) is 2.51. The minimum atomic E-state index is -4.45. The highest BCUT2D eigenvalue weighted by molar-refractivity contribution is 5.95. The Kier molecular flexibility index (Phi) is 3.88. The van der Waals surface area contributed by atoms with Crippen molar-refractivity contribution in [2.24, 2.45) is 0 Å². The van der Waals surface area contributed by atoms with Crippen LogP contribution in [0.2, 0.25) is 0 Å². The van der Waals surface area contributed by atoms with E-state index in [0.717, 1.165) is 37.0 Å². The number of benzene rings is 2. The monoisotopic (exact) mass is 319 g/mol. The molecule has 0 aliphatic heterocycles.